The Morgan fingerprint density at radius 3 is 2.62 bits per heavy atom. The van der Waals surface area contributed by atoms with Crippen LogP contribution in [0.4, 0.5) is 5.82 Å². The minimum absolute atomic E-state index is 0.0557. The molecule has 0 saturated carbocycles. The van der Waals surface area contributed by atoms with Crippen LogP contribution in [0.2, 0.25) is 0 Å². The van der Waals surface area contributed by atoms with Crippen LogP contribution in [0, 0.1) is 6.92 Å². The Hall–Kier alpha value is -2.79. The van der Waals surface area contributed by atoms with E-state index in [0.29, 0.717) is 43.8 Å². The molecule has 3 saturated heterocycles. The minimum atomic E-state index is -0.101. The first-order valence-corrected chi connectivity index (χ1v) is 14.6. The molecule has 2 N–H and O–H groups in total. The number of ether oxygens (including phenoxy) is 4. The topological polar surface area (TPSA) is 107 Å². The number of benzene rings is 1. The van der Waals surface area contributed by atoms with Crippen molar-refractivity contribution in [3.05, 3.63) is 47.2 Å². The van der Waals surface area contributed by atoms with Gasteiger partial charge >= 0.3 is 6.01 Å². The van der Waals surface area contributed by atoms with Crippen LogP contribution in [-0.2, 0) is 14.2 Å². The number of hydrogen-bond donors (Lipinski definition) is 2. The number of aromatic nitrogens is 2. The summed E-state index contributed by atoms with van der Waals surface area (Å²) in [6.07, 6.45) is 6.03. The molecule has 3 fully saturated rings. The molecule has 4 heterocycles. The summed E-state index contributed by atoms with van der Waals surface area (Å²) < 4.78 is 22.9. The highest BCUT2D eigenvalue weighted by Crippen LogP contribution is 2.31. The number of nitrogens with zero attached hydrogens (tertiary/aromatic N) is 3. The molecule has 5 rings (SSSR count). The van der Waals surface area contributed by atoms with E-state index in [0.717, 1.165) is 45.1 Å². The maximum Gasteiger partial charge on any atom is 0.318 e. The number of carbonyl (C=O) groups is 1. The summed E-state index contributed by atoms with van der Waals surface area (Å²) in [7, 11) is 3.25. The largest absolute Gasteiger partial charge is 0.467 e. The fourth-order valence-electron chi connectivity index (χ4n) is 5.86. The van der Waals surface area contributed by atoms with E-state index in [2.05, 4.69) is 51.8 Å². The monoisotopic (exact) mass is 553 g/mol. The normalized spacial score (nSPS) is 25.9. The molecule has 10 heteroatoms. The van der Waals surface area contributed by atoms with Crippen molar-refractivity contribution in [3.63, 3.8) is 0 Å². The number of carbonyl (C=O) groups excluding carboxylic acids is 1. The number of rotatable bonds is 9. The second kappa shape index (κ2) is 13.7. The molecule has 1 amide bonds. The Morgan fingerprint density at radius 2 is 1.88 bits per heavy atom. The molecular weight excluding hydrogens is 510 g/mol. The number of hydrogen-bond acceptors (Lipinski definition) is 9. The van der Waals surface area contributed by atoms with Crippen molar-refractivity contribution in [1.29, 1.82) is 0 Å². The Labute approximate surface area is 237 Å². The SMILES string of the molecule is COc1nc(NC[C@H]2CCCC(c3ccc(C)cc3)O2)cc(C(=O)N2CCC(N[C@H]3CCOC[C@H]3OC)CC2)n1. The number of amides is 1. The number of piperidine rings is 1. The molecule has 1 aromatic heterocycles. The van der Waals surface area contributed by atoms with Gasteiger partial charge in [-0.1, -0.05) is 29.8 Å². The van der Waals surface area contributed by atoms with Gasteiger partial charge in [0.05, 0.1) is 32.0 Å². The van der Waals surface area contributed by atoms with Gasteiger partial charge < -0.3 is 34.5 Å². The van der Waals surface area contributed by atoms with Crippen LogP contribution in [0.1, 0.15) is 66.2 Å². The Balaban J connectivity index is 1.15. The lowest BCUT2D eigenvalue weighted by atomic mass is 9.97. The second-order valence-corrected chi connectivity index (χ2v) is 11.1. The van der Waals surface area contributed by atoms with Crippen molar-refractivity contribution < 1.29 is 23.7 Å². The molecule has 2 aromatic rings. The van der Waals surface area contributed by atoms with Gasteiger partial charge in [-0.2, -0.15) is 9.97 Å². The molecule has 218 valence electrons. The summed E-state index contributed by atoms with van der Waals surface area (Å²) in [5.41, 5.74) is 2.81. The van der Waals surface area contributed by atoms with Crippen LogP contribution in [-0.4, -0.2) is 92.1 Å². The summed E-state index contributed by atoms with van der Waals surface area (Å²) in [6.45, 7) is 5.41. The molecule has 0 spiro atoms. The third-order valence-corrected chi connectivity index (χ3v) is 8.26. The zero-order valence-electron chi connectivity index (χ0n) is 23.9. The van der Waals surface area contributed by atoms with Crippen molar-refractivity contribution in [2.24, 2.45) is 0 Å². The van der Waals surface area contributed by atoms with Gasteiger partial charge in [-0.15, -0.1) is 0 Å². The van der Waals surface area contributed by atoms with Crippen LogP contribution in [0.5, 0.6) is 6.01 Å². The van der Waals surface area contributed by atoms with Gasteiger partial charge in [0, 0.05) is 51.5 Å². The lowest BCUT2D eigenvalue weighted by Crippen LogP contribution is -2.54. The molecule has 10 nitrogen and oxygen atoms in total. The van der Waals surface area contributed by atoms with Crippen LogP contribution in [0.25, 0.3) is 0 Å². The summed E-state index contributed by atoms with van der Waals surface area (Å²) >= 11 is 0. The molecule has 0 radical (unpaired) electrons. The van der Waals surface area contributed by atoms with Gasteiger partial charge in [0.1, 0.15) is 11.5 Å². The molecule has 1 aromatic carbocycles. The van der Waals surface area contributed by atoms with Gasteiger partial charge in [0.2, 0.25) is 0 Å². The fraction of sp³-hybridized carbons (Fsp3) is 0.633. The molecule has 4 atom stereocenters. The van der Waals surface area contributed by atoms with E-state index in [-0.39, 0.29) is 36.3 Å². The first kappa shape index (κ1) is 28.7. The van der Waals surface area contributed by atoms with Gasteiger partial charge in [-0.05, 0) is 51.0 Å². The van der Waals surface area contributed by atoms with E-state index in [1.807, 2.05) is 4.90 Å². The highest BCUT2D eigenvalue weighted by Gasteiger charge is 2.31. The van der Waals surface area contributed by atoms with Crippen molar-refractivity contribution in [2.75, 3.05) is 52.4 Å². The number of nitrogens with one attached hydrogen (secondary N) is 2. The van der Waals surface area contributed by atoms with Crippen LogP contribution < -0.4 is 15.4 Å². The van der Waals surface area contributed by atoms with E-state index in [1.165, 1.54) is 18.2 Å². The zero-order valence-corrected chi connectivity index (χ0v) is 23.9. The lowest BCUT2D eigenvalue weighted by Gasteiger charge is -2.38. The third kappa shape index (κ3) is 7.28. The predicted octanol–water partition coefficient (Wildman–Crippen LogP) is 3.51. The van der Waals surface area contributed by atoms with E-state index in [1.54, 1.807) is 13.2 Å². The Bertz CT molecular complexity index is 1110. The van der Waals surface area contributed by atoms with Gasteiger partial charge in [0.25, 0.3) is 5.91 Å². The summed E-state index contributed by atoms with van der Waals surface area (Å²) in [6, 6.07) is 11.1. The van der Waals surface area contributed by atoms with Crippen LogP contribution in [0.3, 0.4) is 0 Å². The van der Waals surface area contributed by atoms with E-state index < -0.39 is 0 Å². The van der Waals surface area contributed by atoms with Crippen molar-refractivity contribution in [1.82, 2.24) is 20.2 Å². The number of methoxy groups -OCH3 is 2. The maximum absolute atomic E-state index is 13.4. The molecule has 1 unspecified atom stereocenters. The first-order chi connectivity index (χ1) is 19.5. The van der Waals surface area contributed by atoms with E-state index in [9.17, 15) is 4.79 Å². The quantitative estimate of drug-likeness (QED) is 0.482. The summed E-state index contributed by atoms with van der Waals surface area (Å²) in [5.74, 6) is 0.467. The summed E-state index contributed by atoms with van der Waals surface area (Å²) in [4.78, 5) is 24.1. The van der Waals surface area contributed by atoms with Crippen molar-refractivity contribution in [2.45, 2.75) is 75.8 Å². The highest BCUT2D eigenvalue weighted by molar-refractivity contribution is 5.93. The predicted molar refractivity (Wildman–Crippen MR) is 152 cm³/mol. The molecule has 40 heavy (non-hydrogen) atoms. The zero-order chi connectivity index (χ0) is 27.9. The van der Waals surface area contributed by atoms with E-state index >= 15 is 0 Å². The average Bonchev–Trinajstić information content (AvgIpc) is 3.00. The Kier molecular flexibility index (Phi) is 9.85. The van der Waals surface area contributed by atoms with Gasteiger partial charge in [-0.25, -0.2) is 0 Å². The van der Waals surface area contributed by atoms with Crippen LogP contribution in [0.15, 0.2) is 30.3 Å². The maximum atomic E-state index is 13.4. The molecule has 0 bridgehead atoms. The minimum Gasteiger partial charge on any atom is -0.467 e. The molecule has 0 aliphatic carbocycles. The highest BCUT2D eigenvalue weighted by atomic mass is 16.5. The standard InChI is InChI=1S/C30H43N5O5/c1-20-7-9-21(10-8-20)26-6-4-5-23(40-26)18-31-28-17-25(33-30(34-28)38-3)29(36)35-14-11-22(12-15-35)32-24-13-16-39-19-27(24)37-2/h7-10,17,22-24,26-27,32H,4-6,11-16,18-19H2,1-3H3,(H,31,33,34)/t23-,24+,26?,27-/m1/s1. The van der Waals surface area contributed by atoms with Crippen molar-refractivity contribution in [3.8, 4) is 6.01 Å². The van der Waals surface area contributed by atoms with Crippen molar-refractivity contribution >= 4 is 11.7 Å². The molecular formula is C30H43N5O5. The molecule has 3 aliphatic heterocycles. The smallest absolute Gasteiger partial charge is 0.318 e. The number of aryl methyl sites for hydroxylation is 1. The second-order valence-electron chi connectivity index (χ2n) is 11.1. The lowest BCUT2D eigenvalue weighted by molar-refractivity contribution is -0.0533. The Morgan fingerprint density at radius 1 is 1.07 bits per heavy atom. The number of anilines is 1. The average molecular weight is 554 g/mol. The third-order valence-electron chi connectivity index (χ3n) is 8.26. The van der Waals surface area contributed by atoms with Crippen LogP contribution >= 0.6 is 0 Å². The van der Waals surface area contributed by atoms with Gasteiger partial charge in [-0.3, -0.25) is 4.79 Å². The first-order valence-electron chi connectivity index (χ1n) is 14.6. The summed E-state index contributed by atoms with van der Waals surface area (Å²) in [5, 5.41) is 7.11. The van der Waals surface area contributed by atoms with Gasteiger partial charge in [0.15, 0.2) is 0 Å². The molecule has 3 aliphatic rings. The number of likely N-dealkylation sites (tertiary alicyclic amines) is 1. The van der Waals surface area contributed by atoms with E-state index in [4.69, 9.17) is 18.9 Å². The fourth-order valence-corrected chi connectivity index (χ4v) is 5.86.